The Hall–Kier alpha value is -1.33. The van der Waals surface area contributed by atoms with E-state index < -0.39 is 5.60 Å². The van der Waals surface area contributed by atoms with Crippen molar-refractivity contribution in [2.24, 2.45) is 4.99 Å². The lowest BCUT2D eigenvalue weighted by molar-refractivity contribution is -0.132. The minimum Gasteiger partial charge on any atom is -0.466 e. The molecule has 1 unspecified atom stereocenters. The fourth-order valence-electron chi connectivity index (χ4n) is 4.05. The number of likely N-dealkylation sites (tertiary alicyclic amines) is 1. The van der Waals surface area contributed by atoms with Crippen molar-refractivity contribution in [2.45, 2.75) is 45.1 Å². The zero-order valence-corrected chi connectivity index (χ0v) is 21.2. The summed E-state index contributed by atoms with van der Waals surface area (Å²) in [6.07, 6.45) is 6.29. The number of nitrogens with zero attached hydrogens (tertiary/aromatic N) is 4. The highest BCUT2D eigenvalue weighted by atomic mass is 127. The first-order valence-corrected chi connectivity index (χ1v) is 11.3. The molecule has 2 aliphatic heterocycles. The molecule has 2 aliphatic rings. The zero-order chi connectivity index (χ0) is 21.4. The van der Waals surface area contributed by atoms with E-state index in [4.69, 9.17) is 4.42 Å². The van der Waals surface area contributed by atoms with Crippen LogP contribution in [0.15, 0.2) is 27.8 Å². The SMILES string of the molecule is CCNC(=NCC(C)(O)c1ccco1)N1CCN(CC(=O)N2CCCCCC2)CC1.I. The Kier molecular flexibility index (Phi) is 10.6. The third-order valence-corrected chi connectivity index (χ3v) is 5.91. The van der Waals surface area contributed by atoms with Gasteiger partial charge in [-0.3, -0.25) is 9.69 Å². The van der Waals surface area contributed by atoms with Crippen molar-refractivity contribution in [1.82, 2.24) is 20.0 Å². The van der Waals surface area contributed by atoms with Crippen molar-refractivity contribution >= 4 is 35.8 Å². The highest BCUT2D eigenvalue weighted by molar-refractivity contribution is 14.0. The van der Waals surface area contributed by atoms with E-state index in [1.807, 2.05) is 11.8 Å². The molecule has 2 N–H and O–H groups in total. The molecule has 2 fully saturated rings. The normalized spacial score (nSPS) is 20.5. The van der Waals surface area contributed by atoms with E-state index in [1.54, 1.807) is 25.3 Å². The summed E-state index contributed by atoms with van der Waals surface area (Å²) in [6.45, 7) is 10.3. The van der Waals surface area contributed by atoms with Crippen LogP contribution in [0.3, 0.4) is 0 Å². The Morgan fingerprint density at radius 1 is 1.13 bits per heavy atom. The van der Waals surface area contributed by atoms with E-state index in [0.29, 0.717) is 12.3 Å². The van der Waals surface area contributed by atoms with Crippen LogP contribution in [0, 0.1) is 0 Å². The molecule has 1 aromatic rings. The monoisotopic (exact) mass is 547 g/mol. The maximum Gasteiger partial charge on any atom is 0.236 e. The maximum atomic E-state index is 12.7. The predicted octanol–water partition coefficient (Wildman–Crippen LogP) is 2.09. The van der Waals surface area contributed by atoms with Crippen LogP contribution in [-0.2, 0) is 10.4 Å². The summed E-state index contributed by atoms with van der Waals surface area (Å²) < 4.78 is 5.35. The second kappa shape index (κ2) is 12.6. The van der Waals surface area contributed by atoms with Gasteiger partial charge in [0.15, 0.2) is 5.96 Å². The van der Waals surface area contributed by atoms with Crippen LogP contribution in [0.25, 0.3) is 0 Å². The van der Waals surface area contributed by atoms with Gasteiger partial charge in [0.25, 0.3) is 0 Å². The van der Waals surface area contributed by atoms with Crippen LogP contribution in [0.1, 0.15) is 45.3 Å². The number of hydrogen-bond donors (Lipinski definition) is 2. The topological polar surface area (TPSA) is 84.5 Å². The molecule has 8 nitrogen and oxygen atoms in total. The summed E-state index contributed by atoms with van der Waals surface area (Å²) in [6, 6.07) is 3.54. The molecule has 0 aliphatic carbocycles. The lowest BCUT2D eigenvalue weighted by atomic mass is 10.0. The van der Waals surface area contributed by atoms with Gasteiger partial charge in [-0.25, -0.2) is 4.99 Å². The number of carbonyl (C=O) groups excluding carboxylic acids is 1. The van der Waals surface area contributed by atoms with Crippen molar-refractivity contribution < 1.29 is 14.3 Å². The van der Waals surface area contributed by atoms with E-state index in [2.05, 4.69) is 20.1 Å². The number of aliphatic imine (C=N–C) groups is 1. The summed E-state index contributed by atoms with van der Waals surface area (Å²) >= 11 is 0. The first-order chi connectivity index (χ1) is 14.5. The van der Waals surface area contributed by atoms with Gasteiger partial charge in [-0.2, -0.15) is 0 Å². The second-order valence-electron chi connectivity index (χ2n) is 8.48. The quantitative estimate of drug-likeness (QED) is 0.323. The van der Waals surface area contributed by atoms with Gasteiger partial charge in [0.1, 0.15) is 11.4 Å². The molecule has 0 aromatic carbocycles. The molecule has 176 valence electrons. The van der Waals surface area contributed by atoms with E-state index in [-0.39, 0.29) is 36.4 Å². The molecule has 31 heavy (non-hydrogen) atoms. The van der Waals surface area contributed by atoms with Gasteiger partial charge in [0.05, 0.1) is 19.4 Å². The van der Waals surface area contributed by atoms with Gasteiger partial charge in [0, 0.05) is 45.8 Å². The average molecular weight is 547 g/mol. The number of guanidine groups is 1. The molecule has 3 rings (SSSR count). The molecular formula is C22H38IN5O3. The second-order valence-corrected chi connectivity index (χ2v) is 8.48. The van der Waals surface area contributed by atoms with Gasteiger partial charge < -0.3 is 24.6 Å². The molecule has 0 bridgehead atoms. The summed E-state index contributed by atoms with van der Waals surface area (Å²) in [5.74, 6) is 1.57. The van der Waals surface area contributed by atoms with Crippen molar-refractivity contribution in [3.8, 4) is 0 Å². The van der Waals surface area contributed by atoms with Crippen LogP contribution < -0.4 is 5.32 Å². The van der Waals surface area contributed by atoms with Gasteiger partial charge >= 0.3 is 0 Å². The van der Waals surface area contributed by atoms with E-state index in [0.717, 1.165) is 64.6 Å². The van der Waals surface area contributed by atoms with Crippen molar-refractivity contribution in [2.75, 3.05) is 58.9 Å². The number of halogens is 1. The number of furan rings is 1. The maximum absolute atomic E-state index is 12.7. The molecule has 0 saturated carbocycles. The molecular weight excluding hydrogens is 509 g/mol. The zero-order valence-electron chi connectivity index (χ0n) is 18.9. The fraction of sp³-hybridized carbons (Fsp3) is 0.727. The number of nitrogens with one attached hydrogen (secondary N) is 1. The number of aliphatic hydroxyl groups is 1. The van der Waals surface area contributed by atoms with Gasteiger partial charge in [-0.05, 0) is 38.8 Å². The Balaban J connectivity index is 0.00000341. The van der Waals surface area contributed by atoms with Crippen LogP contribution >= 0.6 is 24.0 Å². The number of carbonyl (C=O) groups is 1. The van der Waals surface area contributed by atoms with Crippen molar-refractivity contribution in [3.63, 3.8) is 0 Å². The number of rotatable bonds is 6. The minimum absolute atomic E-state index is 0. The molecule has 1 atom stereocenters. The highest BCUT2D eigenvalue weighted by Gasteiger charge is 2.28. The molecule has 0 radical (unpaired) electrons. The molecule has 1 aromatic heterocycles. The van der Waals surface area contributed by atoms with Crippen LogP contribution in [0.2, 0.25) is 0 Å². The Bertz CT molecular complexity index is 679. The number of piperazine rings is 1. The smallest absolute Gasteiger partial charge is 0.236 e. The lowest BCUT2D eigenvalue weighted by Gasteiger charge is -2.37. The Morgan fingerprint density at radius 3 is 2.39 bits per heavy atom. The summed E-state index contributed by atoms with van der Waals surface area (Å²) in [5, 5.41) is 14.0. The molecule has 3 heterocycles. The van der Waals surface area contributed by atoms with Crippen LogP contribution in [0.4, 0.5) is 0 Å². The molecule has 2 saturated heterocycles. The largest absolute Gasteiger partial charge is 0.466 e. The summed E-state index contributed by atoms with van der Waals surface area (Å²) in [5.41, 5.74) is -1.15. The van der Waals surface area contributed by atoms with Gasteiger partial charge in [-0.15, -0.1) is 24.0 Å². The van der Waals surface area contributed by atoms with E-state index in [9.17, 15) is 9.90 Å². The van der Waals surface area contributed by atoms with Gasteiger partial charge in [0.2, 0.25) is 5.91 Å². The number of hydrogen-bond acceptors (Lipinski definition) is 5. The number of amides is 1. The molecule has 1 amide bonds. The van der Waals surface area contributed by atoms with E-state index in [1.165, 1.54) is 12.8 Å². The Morgan fingerprint density at radius 2 is 1.81 bits per heavy atom. The minimum atomic E-state index is -1.15. The third-order valence-electron chi connectivity index (χ3n) is 5.91. The Labute approximate surface area is 203 Å². The van der Waals surface area contributed by atoms with Crippen molar-refractivity contribution in [1.29, 1.82) is 0 Å². The summed E-state index contributed by atoms with van der Waals surface area (Å²) in [7, 11) is 0. The standard InChI is InChI=1S/C22H37N5O3.HI/c1-3-23-21(24-18-22(2,29)19-9-8-16-30-19)27-14-12-25(13-15-27)17-20(28)26-10-6-4-5-7-11-26;/h8-9,16,29H,3-7,10-15,17-18H2,1-2H3,(H,23,24);1H. The van der Waals surface area contributed by atoms with E-state index >= 15 is 0 Å². The van der Waals surface area contributed by atoms with Crippen LogP contribution in [-0.4, -0.2) is 90.6 Å². The van der Waals surface area contributed by atoms with Crippen LogP contribution in [0.5, 0.6) is 0 Å². The lowest BCUT2D eigenvalue weighted by Crippen LogP contribution is -2.54. The van der Waals surface area contributed by atoms with Crippen molar-refractivity contribution in [3.05, 3.63) is 24.2 Å². The third kappa shape index (κ3) is 7.64. The predicted molar refractivity (Wildman–Crippen MR) is 133 cm³/mol. The molecule has 9 heteroatoms. The first kappa shape index (κ1) is 25.9. The fourth-order valence-corrected chi connectivity index (χ4v) is 4.05. The van der Waals surface area contributed by atoms with Gasteiger partial charge in [-0.1, -0.05) is 12.8 Å². The summed E-state index contributed by atoms with van der Waals surface area (Å²) in [4.78, 5) is 23.8. The first-order valence-electron chi connectivity index (χ1n) is 11.3. The highest BCUT2D eigenvalue weighted by Crippen LogP contribution is 2.21. The average Bonchev–Trinajstić information content (AvgIpc) is 3.16. The molecule has 0 spiro atoms.